The first-order valence-electron chi connectivity index (χ1n) is 3.48. The minimum absolute atomic E-state index is 0.821. The molecule has 0 aliphatic rings. The van der Waals surface area contributed by atoms with Crippen LogP contribution >= 0.6 is 34.2 Å². The van der Waals surface area contributed by atoms with Crippen LogP contribution in [0.3, 0.4) is 0 Å². The van der Waals surface area contributed by atoms with Crippen LogP contribution in [-0.4, -0.2) is 9.78 Å². The van der Waals surface area contributed by atoms with Gasteiger partial charge in [0.05, 0.1) is 16.4 Å². The highest BCUT2D eigenvalue weighted by Gasteiger charge is 2.09. The molecule has 0 fully saturated rings. The summed E-state index contributed by atoms with van der Waals surface area (Å²) in [4.78, 5) is 0. The number of alkyl halides is 1. The Balaban J connectivity index is 3.15. The molecule has 0 bridgehead atoms. The van der Waals surface area contributed by atoms with Gasteiger partial charge in [0.1, 0.15) is 0 Å². The maximum Gasteiger partial charge on any atom is 0.0855 e. The minimum atomic E-state index is 0.821. The van der Waals surface area contributed by atoms with Gasteiger partial charge in [0, 0.05) is 11.0 Å². The summed E-state index contributed by atoms with van der Waals surface area (Å²) in [5.41, 5.74) is 2.06. The molecular weight excluding hydrogens is 274 g/mol. The topological polar surface area (TPSA) is 17.8 Å². The van der Waals surface area contributed by atoms with E-state index in [0.717, 1.165) is 27.4 Å². The third-order valence-corrected chi connectivity index (χ3v) is 2.79. The van der Waals surface area contributed by atoms with Crippen LogP contribution in [0.25, 0.3) is 0 Å². The van der Waals surface area contributed by atoms with Crippen LogP contribution in [0.4, 0.5) is 0 Å². The van der Waals surface area contributed by atoms with E-state index in [4.69, 9.17) is 11.6 Å². The van der Waals surface area contributed by atoms with Crippen molar-refractivity contribution in [2.24, 2.45) is 0 Å². The lowest BCUT2D eigenvalue weighted by Gasteiger charge is -1.99. The molecule has 0 saturated carbocycles. The second-order valence-corrected chi connectivity index (χ2v) is 3.44. The second-order valence-electron chi connectivity index (χ2n) is 2.30. The van der Waals surface area contributed by atoms with Crippen molar-refractivity contribution in [3.63, 3.8) is 0 Å². The monoisotopic (exact) mass is 284 g/mol. The summed E-state index contributed by atoms with van der Waals surface area (Å²) in [6.45, 7) is 4.90. The summed E-state index contributed by atoms with van der Waals surface area (Å²) in [6.07, 6.45) is 0. The highest BCUT2D eigenvalue weighted by Crippen LogP contribution is 2.22. The fourth-order valence-corrected chi connectivity index (χ4v) is 2.20. The maximum atomic E-state index is 6.00. The summed E-state index contributed by atoms with van der Waals surface area (Å²) in [5.74, 6) is 0. The predicted molar refractivity (Wildman–Crippen MR) is 55.4 cm³/mol. The quantitative estimate of drug-likeness (QED) is 0.603. The van der Waals surface area contributed by atoms with Crippen molar-refractivity contribution in [1.29, 1.82) is 0 Å². The fraction of sp³-hybridized carbons (Fsp3) is 0.571. The van der Waals surface area contributed by atoms with E-state index in [9.17, 15) is 0 Å². The molecule has 2 nitrogen and oxygen atoms in total. The molecule has 0 saturated heterocycles. The van der Waals surface area contributed by atoms with E-state index in [-0.39, 0.29) is 0 Å². The van der Waals surface area contributed by atoms with Crippen molar-refractivity contribution in [3.8, 4) is 0 Å². The fourth-order valence-electron chi connectivity index (χ4n) is 0.997. The van der Waals surface area contributed by atoms with Gasteiger partial charge < -0.3 is 0 Å². The molecule has 0 unspecified atom stereocenters. The molecule has 0 amide bonds. The molecule has 11 heavy (non-hydrogen) atoms. The molecule has 0 aliphatic heterocycles. The van der Waals surface area contributed by atoms with Crippen molar-refractivity contribution in [2.75, 3.05) is 0 Å². The number of nitrogens with zero attached hydrogens (tertiary/aromatic N) is 2. The van der Waals surface area contributed by atoms with Crippen LogP contribution in [0.15, 0.2) is 0 Å². The van der Waals surface area contributed by atoms with Gasteiger partial charge in [-0.15, -0.1) is 0 Å². The number of halogens is 2. The van der Waals surface area contributed by atoms with E-state index >= 15 is 0 Å². The molecule has 1 aromatic rings. The average Bonchev–Trinajstić information content (AvgIpc) is 2.28. The van der Waals surface area contributed by atoms with Crippen molar-refractivity contribution >= 4 is 34.2 Å². The van der Waals surface area contributed by atoms with E-state index in [0.29, 0.717) is 0 Å². The smallest absolute Gasteiger partial charge is 0.0855 e. The Morgan fingerprint density at radius 1 is 1.64 bits per heavy atom. The van der Waals surface area contributed by atoms with Crippen molar-refractivity contribution in [3.05, 3.63) is 16.4 Å². The average molecular weight is 285 g/mol. The number of aryl methyl sites for hydroxylation is 2. The molecule has 0 radical (unpaired) electrons. The predicted octanol–water partition coefficient (Wildman–Crippen LogP) is 2.80. The van der Waals surface area contributed by atoms with E-state index in [1.165, 1.54) is 0 Å². The molecule has 1 aromatic heterocycles. The van der Waals surface area contributed by atoms with E-state index in [2.05, 4.69) is 34.6 Å². The van der Waals surface area contributed by atoms with Gasteiger partial charge in [0.2, 0.25) is 0 Å². The number of rotatable bonds is 2. The molecular formula is C7H10ClIN2. The zero-order valence-electron chi connectivity index (χ0n) is 6.56. The molecule has 62 valence electrons. The summed E-state index contributed by atoms with van der Waals surface area (Å²) >= 11 is 8.30. The van der Waals surface area contributed by atoms with Gasteiger partial charge in [-0.2, -0.15) is 5.10 Å². The molecule has 0 atom stereocenters. The highest BCUT2D eigenvalue weighted by atomic mass is 127. The molecule has 0 aromatic carbocycles. The second kappa shape index (κ2) is 3.76. The van der Waals surface area contributed by atoms with Crippen molar-refractivity contribution in [2.45, 2.75) is 24.8 Å². The maximum absolute atomic E-state index is 6.00. The van der Waals surface area contributed by atoms with Gasteiger partial charge in [0.25, 0.3) is 0 Å². The standard InChI is InChI=1S/C7H10ClIN2/c1-3-11-6(4-9)7(8)5(2)10-11/h3-4H2,1-2H3. The summed E-state index contributed by atoms with van der Waals surface area (Å²) in [6, 6.07) is 0. The van der Waals surface area contributed by atoms with Crippen LogP contribution in [0.2, 0.25) is 5.02 Å². The number of aromatic nitrogens is 2. The Hall–Kier alpha value is 0.230. The third-order valence-electron chi connectivity index (χ3n) is 1.58. The van der Waals surface area contributed by atoms with Crippen LogP contribution in [-0.2, 0) is 11.0 Å². The van der Waals surface area contributed by atoms with Gasteiger partial charge in [0.15, 0.2) is 0 Å². The summed E-state index contributed by atoms with van der Waals surface area (Å²) in [5, 5.41) is 5.10. The Morgan fingerprint density at radius 2 is 2.27 bits per heavy atom. The van der Waals surface area contributed by atoms with Crippen LogP contribution in [0.5, 0.6) is 0 Å². The largest absolute Gasteiger partial charge is 0.267 e. The lowest BCUT2D eigenvalue weighted by Crippen LogP contribution is -2.00. The molecule has 0 spiro atoms. The van der Waals surface area contributed by atoms with Crippen LogP contribution < -0.4 is 0 Å². The normalized spacial score (nSPS) is 10.5. The number of hydrogen-bond donors (Lipinski definition) is 0. The van der Waals surface area contributed by atoms with Gasteiger partial charge >= 0.3 is 0 Å². The van der Waals surface area contributed by atoms with Gasteiger partial charge in [-0.05, 0) is 13.8 Å². The van der Waals surface area contributed by atoms with Gasteiger partial charge in [-0.1, -0.05) is 34.2 Å². The zero-order valence-corrected chi connectivity index (χ0v) is 9.48. The Morgan fingerprint density at radius 3 is 2.64 bits per heavy atom. The first-order chi connectivity index (χ1) is 5.20. The summed E-state index contributed by atoms with van der Waals surface area (Å²) in [7, 11) is 0. The molecule has 1 rings (SSSR count). The Kier molecular flexibility index (Phi) is 3.18. The van der Waals surface area contributed by atoms with Gasteiger partial charge in [-0.3, -0.25) is 4.68 Å². The van der Waals surface area contributed by atoms with E-state index in [1.807, 2.05) is 11.6 Å². The Labute approximate surface area is 85.1 Å². The summed E-state index contributed by atoms with van der Waals surface area (Å²) < 4.78 is 2.87. The molecule has 0 N–H and O–H groups in total. The molecule has 1 heterocycles. The number of hydrogen-bond acceptors (Lipinski definition) is 1. The van der Waals surface area contributed by atoms with Crippen LogP contribution in [0, 0.1) is 6.92 Å². The lowest BCUT2D eigenvalue weighted by molar-refractivity contribution is 0.633. The lowest BCUT2D eigenvalue weighted by atomic mass is 10.4. The van der Waals surface area contributed by atoms with E-state index in [1.54, 1.807) is 0 Å². The molecule has 0 aliphatic carbocycles. The first kappa shape index (κ1) is 9.32. The minimum Gasteiger partial charge on any atom is -0.267 e. The van der Waals surface area contributed by atoms with Gasteiger partial charge in [-0.25, -0.2) is 0 Å². The van der Waals surface area contributed by atoms with Crippen molar-refractivity contribution in [1.82, 2.24) is 9.78 Å². The SMILES string of the molecule is CCn1nc(C)c(Cl)c1CI. The highest BCUT2D eigenvalue weighted by molar-refractivity contribution is 14.1. The zero-order chi connectivity index (χ0) is 8.43. The van der Waals surface area contributed by atoms with Crippen LogP contribution in [0.1, 0.15) is 18.3 Å². The van der Waals surface area contributed by atoms with Crippen molar-refractivity contribution < 1.29 is 0 Å². The first-order valence-corrected chi connectivity index (χ1v) is 5.38. The molecule has 4 heteroatoms. The van der Waals surface area contributed by atoms with E-state index < -0.39 is 0 Å². The Bertz CT molecular complexity index is 257. The third kappa shape index (κ3) is 1.69.